The van der Waals surface area contributed by atoms with E-state index < -0.39 is 64.5 Å². The van der Waals surface area contributed by atoms with Gasteiger partial charge < -0.3 is 25.0 Å². The number of fused-ring (bicyclic) bond motifs is 1. The van der Waals surface area contributed by atoms with Gasteiger partial charge >= 0.3 is 12.1 Å². The molecule has 0 spiro atoms. The number of alkyl halides is 4. The predicted molar refractivity (Wildman–Crippen MR) is 178 cm³/mol. The summed E-state index contributed by atoms with van der Waals surface area (Å²) in [7, 11) is -3.99. The summed E-state index contributed by atoms with van der Waals surface area (Å²) in [5, 5.41) is 36.7. The molecule has 0 aliphatic carbocycles. The molecule has 5 N–H and O–H groups in total. The number of nitrogens with one attached hydrogen (secondary N) is 1. The van der Waals surface area contributed by atoms with Crippen LogP contribution in [-0.2, 0) is 38.6 Å². The van der Waals surface area contributed by atoms with E-state index in [0.717, 1.165) is 35.6 Å². The van der Waals surface area contributed by atoms with Crippen LogP contribution in [-0.4, -0.2) is 91.2 Å². The van der Waals surface area contributed by atoms with Crippen LogP contribution >= 0.6 is 11.3 Å². The highest BCUT2D eigenvalue weighted by Gasteiger charge is 2.35. The Labute approximate surface area is 297 Å². The lowest BCUT2D eigenvalue weighted by molar-refractivity contribution is -0.142. The Morgan fingerprint density at radius 2 is 1.67 bits per heavy atom. The van der Waals surface area contributed by atoms with Crippen molar-refractivity contribution in [3.05, 3.63) is 83.4 Å². The first-order chi connectivity index (χ1) is 24.6. The molecule has 0 radical (unpaired) electrons. The number of nitrogens with zero attached hydrogens (tertiary/aromatic N) is 4. The van der Waals surface area contributed by atoms with Crippen LogP contribution in [0, 0.1) is 0 Å². The minimum atomic E-state index is -4.58. The number of carboxylic acids is 1. The summed E-state index contributed by atoms with van der Waals surface area (Å²) in [5.41, 5.74) is 0.360. The van der Waals surface area contributed by atoms with Crippen LogP contribution in [0.3, 0.4) is 0 Å². The summed E-state index contributed by atoms with van der Waals surface area (Å²) in [6.45, 7) is -1.17. The van der Waals surface area contributed by atoms with Gasteiger partial charge in [-0.25, -0.2) is 27.7 Å². The lowest BCUT2D eigenvalue weighted by atomic mass is 10.0. The minimum Gasteiger partial charge on any atom is -0.491 e. The molecular weight excluding hydrogens is 737 g/mol. The average Bonchev–Trinajstić information content (AvgIpc) is 3.76. The van der Waals surface area contributed by atoms with E-state index in [1.807, 2.05) is 0 Å². The molecule has 3 aromatic carbocycles. The molecule has 278 valence electrons. The summed E-state index contributed by atoms with van der Waals surface area (Å²) < 4.78 is 86.5. The molecule has 0 fully saturated rings. The Bertz CT molecular complexity index is 2010. The van der Waals surface area contributed by atoms with Gasteiger partial charge in [0.15, 0.2) is 0 Å². The molecule has 52 heavy (non-hydrogen) atoms. The van der Waals surface area contributed by atoms with E-state index in [4.69, 9.17) is 14.6 Å². The van der Waals surface area contributed by atoms with Gasteiger partial charge in [-0.05, 0) is 53.6 Å². The van der Waals surface area contributed by atoms with Crippen molar-refractivity contribution in [2.75, 3.05) is 26.4 Å². The quantitative estimate of drug-likeness (QED) is 0.122. The highest BCUT2D eigenvalue weighted by Crippen LogP contribution is 2.30. The third kappa shape index (κ3) is 10.1. The molecule has 0 saturated heterocycles. The molecule has 4 aromatic rings. The molecule has 1 aromatic heterocycles. The first-order valence-electron chi connectivity index (χ1n) is 15.5. The van der Waals surface area contributed by atoms with Crippen LogP contribution in [0.1, 0.15) is 16.7 Å². The number of aromatic nitrogens is 1. The first kappa shape index (κ1) is 38.3. The van der Waals surface area contributed by atoms with Gasteiger partial charge in [0, 0.05) is 12.8 Å². The van der Waals surface area contributed by atoms with Gasteiger partial charge in [0.2, 0.25) is 10.2 Å². The molecule has 2 heterocycles. The Morgan fingerprint density at radius 1 is 1.02 bits per heavy atom. The number of thiazole rings is 1. The van der Waals surface area contributed by atoms with E-state index >= 15 is 0 Å². The number of carboxylic acid groups (broad SMARTS) is 1. The van der Waals surface area contributed by atoms with Crippen molar-refractivity contribution in [2.24, 2.45) is 15.5 Å². The van der Waals surface area contributed by atoms with Gasteiger partial charge in [-0.3, -0.25) is 9.80 Å². The molecule has 4 atom stereocenters. The summed E-state index contributed by atoms with van der Waals surface area (Å²) in [6, 6.07) is 11.9. The van der Waals surface area contributed by atoms with Gasteiger partial charge in [0.1, 0.15) is 55.6 Å². The number of sulfonamides is 1. The number of primary sulfonamides is 1. The van der Waals surface area contributed by atoms with Crippen molar-refractivity contribution in [3.8, 4) is 11.5 Å². The third-order valence-corrected chi connectivity index (χ3v) is 10.1. The Morgan fingerprint density at radius 3 is 2.31 bits per heavy atom. The lowest BCUT2D eigenvalue weighted by Gasteiger charge is -2.27. The zero-order valence-electron chi connectivity index (χ0n) is 26.9. The number of aliphatic hydroxyl groups excluding tert-OH is 1. The summed E-state index contributed by atoms with van der Waals surface area (Å²) in [5.74, 6) is -1.44. The standard InChI is InChI=1S/C32H32F4N6O8S2/c33-14-22(43)17-50-23-7-3-19(4-8-23)12-27(29(44)38-26(30(45)46)11-18-1-5-20(6-2-18)32(34,35)36)42-15-21(40-41-42)16-49-24-9-10-25-28(13-24)51-31(39-25)52(37,47)48/h1-10,13,21-22,26-27,43H,11-12,14-17H2,(H,38,44)(H,45,46)(H2,37,47,48)/t21?,22?,26-,27-/m0/s1. The molecular formula is C32H32F4N6O8S2. The number of amides is 1. The number of rotatable bonds is 16. The molecule has 20 heteroatoms. The second-order valence-corrected chi connectivity index (χ2v) is 14.5. The van der Waals surface area contributed by atoms with Crippen molar-refractivity contribution >= 4 is 43.5 Å². The van der Waals surface area contributed by atoms with E-state index in [0.29, 0.717) is 27.3 Å². The van der Waals surface area contributed by atoms with E-state index in [2.05, 4.69) is 20.6 Å². The number of benzene rings is 3. The monoisotopic (exact) mass is 768 g/mol. The Kier molecular flexibility index (Phi) is 11.9. The van der Waals surface area contributed by atoms with Gasteiger partial charge in [0.25, 0.3) is 10.0 Å². The number of carbonyl (C=O) groups is 2. The number of halogens is 4. The number of aliphatic hydroxyl groups is 1. The van der Waals surface area contributed by atoms with Crippen LogP contribution in [0.4, 0.5) is 17.6 Å². The van der Waals surface area contributed by atoms with Gasteiger partial charge in [-0.1, -0.05) is 29.5 Å². The van der Waals surface area contributed by atoms with E-state index in [1.54, 1.807) is 42.5 Å². The third-order valence-electron chi connectivity index (χ3n) is 7.72. The molecule has 0 bridgehead atoms. The fourth-order valence-electron chi connectivity index (χ4n) is 5.04. The summed E-state index contributed by atoms with van der Waals surface area (Å²) >= 11 is 0.879. The van der Waals surface area contributed by atoms with E-state index in [9.17, 15) is 45.8 Å². The van der Waals surface area contributed by atoms with Gasteiger partial charge in [-0.15, -0.1) is 11.3 Å². The first-order valence-corrected chi connectivity index (χ1v) is 17.8. The van der Waals surface area contributed by atoms with E-state index in [1.165, 1.54) is 5.01 Å². The second kappa shape index (κ2) is 16.2. The normalized spacial score (nSPS) is 16.4. The number of hydrogen-bond donors (Lipinski definition) is 4. The predicted octanol–water partition coefficient (Wildman–Crippen LogP) is 3.53. The second-order valence-electron chi connectivity index (χ2n) is 11.7. The Balaban J connectivity index is 1.29. The zero-order chi connectivity index (χ0) is 37.6. The molecule has 2 unspecified atom stereocenters. The van der Waals surface area contributed by atoms with Gasteiger partial charge in [0.05, 0.1) is 22.3 Å². The average molecular weight is 769 g/mol. The fraction of sp³-hybridized carbons (Fsp3) is 0.344. The van der Waals surface area contributed by atoms with Gasteiger partial charge in [-0.2, -0.15) is 18.3 Å². The maximum Gasteiger partial charge on any atom is 0.416 e. The van der Waals surface area contributed by atoms with Crippen molar-refractivity contribution in [3.63, 3.8) is 0 Å². The summed E-state index contributed by atoms with van der Waals surface area (Å²) in [4.78, 5) is 29.9. The number of carbonyl (C=O) groups excluding carboxylic acids is 1. The topological polar surface area (TPSA) is 206 Å². The molecule has 1 aliphatic rings. The fourth-order valence-corrected chi connectivity index (χ4v) is 6.73. The minimum absolute atomic E-state index is 0.00311. The summed E-state index contributed by atoms with van der Waals surface area (Å²) in [6.07, 6.45) is -6.17. The van der Waals surface area contributed by atoms with Crippen LogP contribution in [0.15, 0.2) is 81.4 Å². The molecule has 1 amide bonds. The van der Waals surface area contributed by atoms with Crippen molar-refractivity contribution < 1.29 is 55.3 Å². The molecule has 5 rings (SSSR count). The van der Waals surface area contributed by atoms with Crippen LogP contribution in [0.2, 0.25) is 0 Å². The largest absolute Gasteiger partial charge is 0.491 e. The number of aliphatic carboxylic acids is 1. The van der Waals surface area contributed by atoms with Crippen LogP contribution in [0.25, 0.3) is 10.2 Å². The van der Waals surface area contributed by atoms with Crippen molar-refractivity contribution in [2.45, 2.75) is 47.6 Å². The molecule has 1 aliphatic heterocycles. The molecule has 14 nitrogen and oxygen atoms in total. The molecule has 0 saturated carbocycles. The highest BCUT2D eigenvalue weighted by molar-refractivity contribution is 7.91. The van der Waals surface area contributed by atoms with Crippen molar-refractivity contribution in [1.29, 1.82) is 0 Å². The van der Waals surface area contributed by atoms with Crippen molar-refractivity contribution in [1.82, 2.24) is 15.3 Å². The maximum atomic E-state index is 13.7. The number of hydrogen-bond acceptors (Lipinski definition) is 12. The zero-order valence-corrected chi connectivity index (χ0v) is 28.6. The lowest BCUT2D eigenvalue weighted by Crippen LogP contribution is -2.52. The van der Waals surface area contributed by atoms with Crippen LogP contribution < -0.4 is 19.9 Å². The number of ether oxygens (including phenoxy) is 2. The maximum absolute atomic E-state index is 13.7. The number of nitrogens with two attached hydrogens (primary N) is 1. The Hall–Kier alpha value is -4.92. The SMILES string of the molecule is NS(=O)(=O)c1nc2ccc(OCC3CN([C@@H](Cc4ccc(OCC(O)CF)cc4)C(=O)N[C@@H](Cc4ccc(C(F)(F)F)cc4)C(=O)O)N=N3)cc2s1. The smallest absolute Gasteiger partial charge is 0.416 e. The van der Waals surface area contributed by atoms with E-state index in [-0.39, 0.29) is 42.5 Å². The van der Waals surface area contributed by atoms with Crippen LogP contribution in [0.5, 0.6) is 11.5 Å². The highest BCUT2D eigenvalue weighted by atomic mass is 32.2.